The van der Waals surface area contributed by atoms with Gasteiger partial charge in [-0.25, -0.2) is 0 Å². The van der Waals surface area contributed by atoms with Crippen molar-refractivity contribution in [3.63, 3.8) is 0 Å². The molecule has 0 bridgehead atoms. The minimum atomic E-state index is 0.495. The molecule has 4 nitrogen and oxygen atoms in total. The van der Waals surface area contributed by atoms with Crippen molar-refractivity contribution in [2.75, 3.05) is 18.5 Å². The Hall–Kier alpha value is -2.38. The Labute approximate surface area is 127 Å². The van der Waals surface area contributed by atoms with Gasteiger partial charge >= 0.3 is 0 Å². The lowest BCUT2D eigenvalue weighted by Gasteiger charge is -2.12. The number of rotatable bonds is 2. The number of nitriles is 1. The lowest BCUT2D eigenvalue weighted by Crippen LogP contribution is -1.97. The predicted molar refractivity (Wildman–Crippen MR) is 81.5 cm³/mol. The zero-order valence-corrected chi connectivity index (χ0v) is 12.0. The Morgan fingerprint density at radius 2 is 1.86 bits per heavy atom. The second-order valence-corrected chi connectivity index (χ2v) is 5.08. The number of benzene rings is 2. The van der Waals surface area contributed by atoms with Crippen LogP contribution in [0.1, 0.15) is 12.0 Å². The summed E-state index contributed by atoms with van der Waals surface area (Å²) in [5, 5.41) is 12.9. The van der Waals surface area contributed by atoms with Gasteiger partial charge in [0.05, 0.1) is 24.5 Å². The van der Waals surface area contributed by atoms with Crippen molar-refractivity contribution >= 4 is 23.0 Å². The van der Waals surface area contributed by atoms with Crippen LogP contribution in [0.5, 0.6) is 11.5 Å². The molecular formula is C16H13ClN2O2. The molecule has 1 N–H and O–H groups in total. The highest BCUT2D eigenvalue weighted by atomic mass is 35.5. The summed E-state index contributed by atoms with van der Waals surface area (Å²) in [6.45, 7) is 1.30. The van der Waals surface area contributed by atoms with Crippen LogP contribution in [0.25, 0.3) is 0 Å². The molecule has 3 rings (SSSR count). The van der Waals surface area contributed by atoms with E-state index in [0.717, 1.165) is 17.9 Å². The van der Waals surface area contributed by atoms with Gasteiger partial charge in [0.15, 0.2) is 11.5 Å². The van der Waals surface area contributed by atoms with Crippen molar-refractivity contribution in [2.24, 2.45) is 0 Å². The van der Waals surface area contributed by atoms with E-state index in [1.54, 1.807) is 18.2 Å². The second kappa shape index (κ2) is 5.94. The average Bonchev–Trinajstić information content (AvgIpc) is 2.74. The molecule has 1 aliphatic heterocycles. The number of nitrogens with one attached hydrogen (secondary N) is 1. The molecule has 0 aromatic heterocycles. The van der Waals surface area contributed by atoms with Crippen LogP contribution in [-0.2, 0) is 0 Å². The van der Waals surface area contributed by atoms with Crippen molar-refractivity contribution < 1.29 is 9.47 Å². The summed E-state index contributed by atoms with van der Waals surface area (Å²) >= 11 is 5.90. The summed E-state index contributed by atoms with van der Waals surface area (Å²) in [5.41, 5.74) is 2.03. The summed E-state index contributed by atoms with van der Waals surface area (Å²) < 4.78 is 11.2. The third-order valence-electron chi connectivity index (χ3n) is 3.13. The van der Waals surface area contributed by atoms with Gasteiger partial charge in [0.2, 0.25) is 0 Å². The smallest absolute Gasteiger partial charge is 0.163 e. The van der Waals surface area contributed by atoms with Gasteiger partial charge in [0, 0.05) is 23.2 Å². The van der Waals surface area contributed by atoms with Gasteiger partial charge in [-0.1, -0.05) is 11.6 Å². The van der Waals surface area contributed by atoms with Crippen LogP contribution >= 0.6 is 11.6 Å². The van der Waals surface area contributed by atoms with Crippen molar-refractivity contribution in [3.05, 3.63) is 47.0 Å². The number of anilines is 2. The molecule has 21 heavy (non-hydrogen) atoms. The Kier molecular flexibility index (Phi) is 3.85. The average molecular weight is 301 g/mol. The largest absolute Gasteiger partial charge is 0.490 e. The molecule has 0 fully saturated rings. The van der Waals surface area contributed by atoms with E-state index in [-0.39, 0.29) is 0 Å². The molecular weight excluding hydrogens is 288 g/mol. The highest BCUT2D eigenvalue weighted by Crippen LogP contribution is 2.34. The molecule has 0 radical (unpaired) electrons. The van der Waals surface area contributed by atoms with Crippen molar-refractivity contribution in [1.82, 2.24) is 0 Å². The van der Waals surface area contributed by atoms with Gasteiger partial charge in [0.25, 0.3) is 0 Å². The van der Waals surface area contributed by atoms with Crippen LogP contribution in [0.2, 0.25) is 5.02 Å². The fourth-order valence-electron chi connectivity index (χ4n) is 2.11. The van der Waals surface area contributed by atoms with Gasteiger partial charge in [-0.05, 0) is 30.3 Å². The van der Waals surface area contributed by atoms with E-state index in [2.05, 4.69) is 11.4 Å². The maximum absolute atomic E-state index is 9.16. The molecule has 106 valence electrons. The SMILES string of the molecule is N#Cc1cc(Cl)ccc1Nc1ccc2c(c1)OCCCO2. The Balaban J connectivity index is 1.89. The van der Waals surface area contributed by atoms with Crippen LogP contribution in [0.15, 0.2) is 36.4 Å². The van der Waals surface area contributed by atoms with Crippen LogP contribution in [-0.4, -0.2) is 13.2 Å². The monoisotopic (exact) mass is 300 g/mol. The first kappa shape index (κ1) is 13.6. The summed E-state index contributed by atoms with van der Waals surface area (Å²) in [4.78, 5) is 0. The molecule has 0 spiro atoms. The highest BCUT2D eigenvalue weighted by molar-refractivity contribution is 6.30. The van der Waals surface area contributed by atoms with Gasteiger partial charge in [-0.15, -0.1) is 0 Å². The van der Waals surface area contributed by atoms with E-state index in [9.17, 15) is 0 Å². The summed E-state index contributed by atoms with van der Waals surface area (Å²) in [7, 11) is 0. The van der Waals surface area contributed by atoms with E-state index in [4.69, 9.17) is 26.3 Å². The topological polar surface area (TPSA) is 54.3 Å². The third kappa shape index (κ3) is 3.04. The molecule has 1 heterocycles. The van der Waals surface area contributed by atoms with Crippen molar-refractivity contribution in [1.29, 1.82) is 5.26 Å². The van der Waals surface area contributed by atoms with E-state index in [1.165, 1.54) is 0 Å². The molecule has 0 atom stereocenters. The maximum atomic E-state index is 9.16. The number of ether oxygens (including phenoxy) is 2. The molecule has 0 aliphatic carbocycles. The molecule has 5 heteroatoms. The normalized spacial score (nSPS) is 13.1. The number of nitrogens with zero attached hydrogens (tertiary/aromatic N) is 1. The van der Waals surface area contributed by atoms with E-state index in [1.807, 2.05) is 18.2 Å². The minimum Gasteiger partial charge on any atom is -0.490 e. The van der Waals surface area contributed by atoms with E-state index >= 15 is 0 Å². The minimum absolute atomic E-state index is 0.495. The Morgan fingerprint density at radius 1 is 1.05 bits per heavy atom. The summed E-state index contributed by atoms with van der Waals surface area (Å²) in [6, 6.07) is 12.9. The summed E-state index contributed by atoms with van der Waals surface area (Å²) in [5.74, 6) is 1.46. The fourth-order valence-corrected chi connectivity index (χ4v) is 2.29. The fraction of sp³-hybridized carbons (Fsp3) is 0.188. The van der Waals surface area contributed by atoms with Crippen LogP contribution in [0, 0.1) is 11.3 Å². The van der Waals surface area contributed by atoms with Gasteiger partial charge in [-0.2, -0.15) is 5.26 Å². The third-order valence-corrected chi connectivity index (χ3v) is 3.36. The first-order chi connectivity index (χ1) is 10.3. The standard InChI is InChI=1S/C16H13ClN2O2/c17-12-2-4-14(11(8-12)10-18)19-13-3-5-15-16(9-13)21-7-1-6-20-15/h2-5,8-9,19H,1,6-7H2. The number of halogens is 1. The molecule has 1 aliphatic rings. The van der Waals surface area contributed by atoms with Gasteiger partial charge in [-0.3, -0.25) is 0 Å². The maximum Gasteiger partial charge on any atom is 0.163 e. The molecule has 0 saturated carbocycles. The predicted octanol–water partition coefficient (Wildman–Crippen LogP) is 4.12. The van der Waals surface area contributed by atoms with Crippen molar-refractivity contribution in [3.8, 4) is 17.6 Å². The molecule has 0 unspecified atom stereocenters. The molecule has 0 amide bonds. The second-order valence-electron chi connectivity index (χ2n) is 4.64. The van der Waals surface area contributed by atoms with E-state index in [0.29, 0.717) is 35.2 Å². The summed E-state index contributed by atoms with van der Waals surface area (Å²) in [6.07, 6.45) is 0.868. The quantitative estimate of drug-likeness (QED) is 0.906. The zero-order chi connectivity index (χ0) is 14.7. The van der Waals surface area contributed by atoms with Crippen LogP contribution < -0.4 is 14.8 Å². The van der Waals surface area contributed by atoms with E-state index < -0.39 is 0 Å². The zero-order valence-electron chi connectivity index (χ0n) is 11.2. The molecule has 2 aromatic rings. The molecule has 0 saturated heterocycles. The lowest BCUT2D eigenvalue weighted by molar-refractivity contribution is 0.297. The first-order valence-corrected chi connectivity index (χ1v) is 7.00. The Morgan fingerprint density at radius 3 is 2.67 bits per heavy atom. The van der Waals surface area contributed by atoms with Crippen LogP contribution in [0.3, 0.4) is 0 Å². The highest BCUT2D eigenvalue weighted by Gasteiger charge is 2.11. The van der Waals surface area contributed by atoms with Crippen LogP contribution in [0.4, 0.5) is 11.4 Å². The van der Waals surface area contributed by atoms with Gasteiger partial charge < -0.3 is 14.8 Å². The number of fused-ring (bicyclic) bond motifs is 1. The Bertz CT molecular complexity index is 710. The number of hydrogen-bond donors (Lipinski definition) is 1. The lowest BCUT2D eigenvalue weighted by atomic mass is 10.2. The van der Waals surface area contributed by atoms with Gasteiger partial charge in [0.1, 0.15) is 6.07 Å². The number of hydrogen-bond acceptors (Lipinski definition) is 4. The first-order valence-electron chi connectivity index (χ1n) is 6.62. The van der Waals surface area contributed by atoms with Crippen molar-refractivity contribution in [2.45, 2.75) is 6.42 Å². The molecule has 2 aromatic carbocycles.